The SMILES string of the molecule is CCC(C)P(c1cc2ccccc2n1-c1ccccc1)C(C)CC. The summed E-state index contributed by atoms with van der Waals surface area (Å²) in [5.41, 5.74) is 5.62. The van der Waals surface area contributed by atoms with Gasteiger partial charge in [0, 0.05) is 16.5 Å². The summed E-state index contributed by atoms with van der Waals surface area (Å²) in [4.78, 5) is 0. The Morgan fingerprint density at radius 2 is 1.42 bits per heavy atom. The third kappa shape index (κ3) is 3.15. The van der Waals surface area contributed by atoms with Crippen molar-refractivity contribution in [2.24, 2.45) is 0 Å². The second-order valence-corrected chi connectivity index (χ2v) is 9.69. The maximum Gasteiger partial charge on any atom is 0.0535 e. The molecule has 3 aromatic rings. The molecule has 0 radical (unpaired) electrons. The molecule has 24 heavy (non-hydrogen) atoms. The molecule has 0 aliphatic carbocycles. The lowest BCUT2D eigenvalue weighted by atomic mass is 10.2. The first-order chi connectivity index (χ1) is 11.7. The molecule has 1 heterocycles. The molecule has 2 heteroatoms. The van der Waals surface area contributed by atoms with E-state index in [4.69, 9.17) is 0 Å². The van der Waals surface area contributed by atoms with Gasteiger partial charge in [-0.2, -0.15) is 0 Å². The van der Waals surface area contributed by atoms with Gasteiger partial charge in [-0.05, 0) is 48.4 Å². The molecule has 2 unspecified atom stereocenters. The molecule has 2 aromatic carbocycles. The lowest BCUT2D eigenvalue weighted by Crippen LogP contribution is -2.23. The fourth-order valence-corrected chi connectivity index (χ4v) is 6.76. The summed E-state index contributed by atoms with van der Waals surface area (Å²) in [6, 6.07) is 22.1. The van der Waals surface area contributed by atoms with Crippen LogP contribution in [0.15, 0.2) is 60.7 Å². The quantitative estimate of drug-likeness (QED) is 0.463. The largest absolute Gasteiger partial charge is 0.310 e. The van der Waals surface area contributed by atoms with Crippen molar-refractivity contribution in [3.8, 4) is 5.69 Å². The Morgan fingerprint density at radius 1 is 0.833 bits per heavy atom. The maximum atomic E-state index is 2.51. The van der Waals surface area contributed by atoms with Gasteiger partial charge < -0.3 is 4.57 Å². The van der Waals surface area contributed by atoms with E-state index in [0.29, 0.717) is 0 Å². The molecule has 0 amide bonds. The number of aromatic nitrogens is 1. The van der Waals surface area contributed by atoms with Crippen LogP contribution in [0.5, 0.6) is 0 Å². The predicted molar refractivity (Wildman–Crippen MR) is 109 cm³/mol. The molecule has 0 spiro atoms. The van der Waals surface area contributed by atoms with Gasteiger partial charge in [0.2, 0.25) is 0 Å². The van der Waals surface area contributed by atoms with E-state index >= 15 is 0 Å². The van der Waals surface area contributed by atoms with Crippen LogP contribution in [0.25, 0.3) is 16.6 Å². The number of rotatable bonds is 6. The summed E-state index contributed by atoms with van der Waals surface area (Å²) in [6.07, 6.45) is 2.48. The van der Waals surface area contributed by atoms with Crippen LogP contribution in [0.1, 0.15) is 40.5 Å². The van der Waals surface area contributed by atoms with Gasteiger partial charge in [-0.1, -0.05) is 72.0 Å². The molecule has 0 bridgehead atoms. The summed E-state index contributed by atoms with van der Waals surface area (Å²) < 4.78 is 2.51. The highest BCUT2D eigenvalue weighted by atomic mass is 31.1. The van der Waals surface area contributed by atoms with Gasteiger partial charge in [-0.3, -0.25) is 0 Å². The first-order valence-corrected chi connectivity index (χ1v) is 10.6. The number of benzene rings is 2. The van der Waals surface area contributed by atoms with Gasteiger partial charge in [0.15, 0.2) is 0 Å². The van der Waals surface area contributed by atoms with E-state index in [1.807, 2.05) is 0 Å². The zero-order valence-electron chi connectivity index (χ0n) is 15.2. The molecule has 1 nitrogen and oxygen atoms in total. The van der Waals surface area contributed by atoms with Crippen LogP contribution in [0.2, 0.25) is 0 Å². The minimum absolute atomic E-state index is 0.207. The van der Waals surface area contributed by atoms with Gasteiger partial charge in [-0.25, -0.2) is 0 Å². The van der Waals surface area contributed by atoms with Crippen LogP contribution in [0.3, 0.4) is 0 Å². The second-order valence-electron chi connectivity index (χ2n) is 6.65. The van der Waals surface area contributed by atoms with Crippen molar-refractivity contribution in [2.45, 2.75) is 51.9 Å². The summed E-state index contributed by atoms with van der Waals surface area (Å²) in [5.74, 6) is 0. The van der Waals surface area contributed by atoms with Gasteiger partial charge >= 0.3 is 0 Å². The Balaban J connectivity index is 2.26. The van der Waals surface area contributed by atoms with Crippen molar-refractivity contribution in [2.75, 3.05) is 0 Å². The molecular formula is C22H28NP. The third-order valence-electron chi connectivity index (χ3n) is 5.10. The van der Waals surface area contributed by atoms with E-state index in [2.05, 4.69) is 92.9 Å². The van der Waals surface area contributed by atoms with Gasteiger partial charge in [0.1, 0.15) is 0 Å². The first-order valence-electron chi connectivity index (χ1n) is 9.11. The van der Waals surface area contributed by atoms with Crippen molar-refractivity contribution in [1.82, 2.24) is 4.57 Å². The summed E-state index contributed by atoms with van der Waals surface area (Å²) in [5, 5.41) is 1.36. The molecule has 0 saturated heterocycles. The average Bonchev–Trinajstić information content (AvgIpc) is 3.01. The molecule has 2 atom stereocenters. The van der Waals surface area contributed by atoms with Crippen LogP contribution in [0, 0.1) is 0 Å². The van der Waals surface area contributed by atoms with E-state index in [1.54, 1.807) is 0 Å². The van der Waals surface area contributed by atoms with Crippen molar-refractivity contribution in [3.05, 3.63) is 60.7 Å². The highest BCUT2D eigenvalue weighted by Crippen LogP contribution is 2.49. The monoisotopic (exact) mass is 337 g/mol. The second kappa shape index (κ2) is 7.53. The van der Waals surface area contributed by atoms with Gasteiger partial charge in [0.25, 0.3) is 0 Å². The first kappa shape index (κ1) is 17.2. The summed E-state index contributed by atoms with van der Waals surface area (Å²) in [7, 11) is -0.207. The molecule has 0 fully saturated rings. The van der Waals surface area contributed by atoms with Crippen molar-refractivity contribution < 1.29 is 0 Å². The van der Waals surface area contributed by atoms with Crippen LogP contribution < -0.4 is 5.44 Å². The number of fused-ring (bicyclic) bond motifs is 1. The number of hydrogen-bond donors (Lipinski definition) is 0. The third-order valence-corrected chi connectivity index (χ3v) is 8.59. The minimum Gasteiger partial charge on any atom is -0.310 e. The zero-order valence-corrected chi connectivity index (χ0v) is 16.1. The van der Waals surface area contributed by atoms with Gasteiger partial charge in [-0.15, -0.1) is 0 Å². The summed E-state index contributed by atoms with van der Waals surface area (Å²) >= 11 is 0. The molecule has 0 aliphatic heterocycles. The van der Waals surface area contributed by atoms with E-state index < -0.39 is 0 Å². The van der Waals surface area contributed by atoms with Crippen molar-refractivity contribution in [1.29, 1.82) is 0 Å². The highest BCUT2D eigenvalue weighted by Gasteiger charge is 2.27. The van der Waals surface area contributed by atoms with Crippen LogP contribution in [-0.2, 0) is 0 Å². The van der Waals surface area contributed by atoms with E-state index in [-0.39, 0.29) is 7.92 Å². The fourth-order valence-electron chi connectivity index (χ4n) is 3.46. The number of nitrogens with zero attached hydrogens (tertiary/aromatic N) is 1. The Labute approximate surface area is 147 Å². The Morgan fingerprint density at radius 3 is 2.04 bits per heavy atom. The molecule has 0 N–H and O–H groups in total. The van der Waals surface area contributed by atoms with Crippen LogP contribution in [-0.4, -0.2) is 15.9 Å². The molecule has 0 aliphatic rings. The molecule has 3 rings (SSSR count). The molecular weight excluding hydrogens is 309 g/mol. The molecule has 126 valence electrons. The van der Waals surface area contributed by atoms with Crippen molar-refractivity contribution in [3.63, 3.8) is 0 Å². The maximum absolute atomic E-state index is 2.51. The Bertz CT molecular complexity index is 780. The fraction of sp³-hybridized carbons (Fsp3) is 0.364. The minimum atomic E-state index is -0.207. The Hall–Kier alpha value is -1.59. The summed E-state index contributed by atoms with van der Waals surface area (Å²) in [6.45, 7) is 9.53. The van der Waals surface area contributed by atoms with E-state index in [0.717, 1.165) is 11.3 Å². The predicted octanol–water partition coefficient (Wildman–Crippen LogP) is 6.33. The zero-order chi connectivity index (χ0) is 17.1. The standard InChI is InChI=1S/C22H28NP/c1-5-17(3)24(18(4)6-2)22-16-19-12-10-11-15-21(19)23(22)20-13-8-7-9-14-20/h7-18H,5-6H2,1-4H3. The number of para-hydroxylation sites is 2. The topological polar surface area (TPSA) is 4.93 Å². The smallest absolute Gasteiger partial charge is 0.0535 e. The normalized spacial score (nSPS) is 15.3. The molecule has 0 saturated carbocycles. The number of hydrogen-bond acceptors (Lipinski definition) is 0. The molecule has 1 aromatic heterocycles. The van der Waals surface area contributed by atoms with Crippen LogP contribution in [0.4, 0.5) is 0 Å². The van der Waals surface area contributed by atoms with Crippen LogP contribution >= 0.6 is 7.92 Å². The van der Waals surface area contributed by atoms with Crippen molar-refractivity contribution >= 4 is 24.3 Å². The lowest BCUT2D eigenvalue weighted by molar-refractivity contribution is 0.837. The van der Waals surface area contributed by atoms with Gasteiger partial charge in [0.05, 0.1) is 5.52 Å². The highest BCUT2D eigenvalue weighted by molar-refractivity contribution is 7.66. The van der Waals surface area contributed by atoms with E-state index in [9.17, 15) is 0 Å². The Kier molecular flexibility index (Phi) is 5.41. The lowest BCUT2D eigenvalue weighted by Gasteiger charge is -2.30. The average molecular weight is 337 g/mol. The van der Waals surface area contributed by atoms with E-state index in [1.165, 1.54) is 34.9 Å².